The van der Waals surface area contributed by atoms with Gasteiger partial charge in [0.25, 0.3) is 0 Å². The molecule has 0 spiro atoms. The SMILES string of the molecule is Fc1ccc(-c2cc3c4c(c2)c2ccccc2n4-c2ccc(-c4ccc(N(c5ccc(-c6ccccc6)cc5)c5cccc6sc7ccccc7c56)cc4)cc2O3)cc1. The standard InChI is InChI=1S/C54H33FN2OS/c55-40-24-17-37(18-25-40)39-31-45-43-11-4-6-13-46(43)57-47-30-23-38(32-49(47)58-50(33-39)54(45)57)36-21-28-42(29-22-36)56(41-26-19-35(20-27-41)34-9-2-1-3-10-34)48-14-8-16-52-53(48)44-12-5-7-15-51(44)59-52/h1-33H. The van der Waals surface area contributed by atoms with E-state index in [1.807, 2.05) is 23.5 Å². The van der Waals surface area contributed by atoms with Gasteiger partial charge in [-0.2, -0.15) is 0 Å². The Morgan fingerprint density at radius 2 is 1.03 bits per heavy atom. The quantitative estimate of drug-likeness (QED) is 0.167. The van der Waals surface area contributed by atoms with Crippen molar-refractivity contribution >= 4 is 70.4 Å². The summed E-state index contributed by atoms with van der Waals surface area (Å²) in [7, 11) is 0. The highest BCUT2D eigenvalue weighted by molar-refractivity contribution is 7.26. The highest BCUT2D eigenvalue weighted by atomic mass is 32.1. The number of nitrogens with zero attached hydrogens (tertiary/aromatic N) is 2. The monoisotopic (exact) mass is 776 g/mol. The third-order valence-corrected chi connectivity index (χ3v) is 12.8. The van der Waals surface area contributed by atoms with Gasteiger partial charge in [0.05, 0.1) is 22.4 Å². The molecule has 3 heterocycles. The molecule has 1 aliphatic rings. The van der Waals surface area contributed by atoms with E-state index in [4.69, 9.17) is 4.74 Å². The van der Waals surface area contributed by atoms with Gasteiger partial charge in [0.2, 0.25) is 0 Å². The number of fused-ring (bicyclic) bond motifs is 8. The van der Waals surface area contributed by atoms with Gasteiger partial charge in [-0.3, -0.25) is 0 Å². The van der Waals surface area contributed by atoms with E-state index in [1.54, 1.807) is 0 Å². The summed E-state index contributed by atoms with van der Waals surface area (Å²) in [4.78, 5) is 2.38. The van der Waals surface area contributed by atoms with Gasteiger partial charge in [-0.25, -0.2) is 4.39 Å². The number of hydrogen-bond donors (Lipinski definition) is 0. The molecule has 5 heteroatoms. The average molecular weight is 777 g/mol. The van der Waals surface area contributed by atoms with Crippen molar-refractivity contribution < 1.29 is 9.13 Å². The zero-order valence-corrected chi connectivity index (χ0v) is 32.5. The van der Waals surface area contributed by atoms with E-state index in [-0.39, 0.29) is 5.82 Å². The topological polar surface area (TPSA) is 17.4 Å². The largest absolute Gasteiger partial charge is 0.453 e. The number of rotatable bonds is 6. The number of benzene rings is 9. The first-order chi connectivity index (χ1) is 29.1. The highest BCUT2D eigenvalue weighted by Crippen LogP contribution is 2.49. The van der Waals surface area contributed by atoms with Crippen molar-refractivity contribution in [3.63, 3.8) is 0 Å². The van der Waals surface area contributed by atoms with Crippen molar-refractivity contribution in [3.8, 4) is 50.6 Å². The molecule has 11 aromatic rings. The van der Waals surface area contributed by atoms with Gasteiger partial charge in [-0.15, -0.1) is 11.3 Å². The molecule has 2 aromatic heterocycles. The van der Waals surface area contributed by atoms with Crippen LogP contribution in [0, 0.1) is 5.82 Å². The van der Waals surface area contributed by atoms with E-state index < -0.39 is 0 Å². The second kappa shape index (κ2) is 13.3. The molecule has 0 aliphatic carbocycles. The van der Waals surface area contributed by atoms with Crippen LogP contribution in [0.4, 0.5) is 21.5 Å². The molecule has 0 N–H and O–H groups in total. The van der Waals surface area contributed by atoms with Gasteiger partial charge in [0, 0.05) is 42.3 Å². The number of halogens is 1. The van der Waals surface area contributed by atoms with Crippen molar-refractivity contribution in [2.45, 2.75) is 0 Å². The summed E-state index contributed by atoms with van der Waals surface area (Å²) in [5.41, 5.74) is 12.9. The first-order valence-corrected chi connectivity index (χ1v) is 20.6. The van der Waals surface area contributed by atoms with Gasteiger partial charge in [0.1, 0.15) is 5.82 Å². The maximum absolute atomic E-state index is 13.9. The zero-order valence-electron chi connectivity index (χ0n) is 31.6. The summed E-state index contributed by atoms with van der Waals surface area (Å²) in [5, 5.41) is 4.77. The third-order valence-electron chi connectivity index (χ3n) is 11.6. The number of ether oxygens (including phenoxy) is 1. The van der Waals surface area contributed by atoms with Crippen molar-refractivity contribution in [3.05, 3.63) is 206 Å². The lowest BCUT2D eigenvalue weighted by atomic mass is 10.0. The molecule has 0 atom stereocenters. The van der Waals surface area contributed by atoms with Crippen LogP contribution in [-0.4, -0.2) is 4.57 Å². The summed E-state index contributed by atoms with van der Waals surface area (Å²) in [6.07, 6.45) is 0. The summed E-state index contributed by atoms with van der Waals surface area (Å²) >= 11 is 1.84. The Morgan fingerprint density at radius 3 is 1.81 bits per heavy atom. The molecule has 1 aliphatic heterocycles. The Balaban J connectivity index is 0.960. The molecule has 12 rings (SSSR count). The van der Waals surface area contributed by atoms with Gasteiger partial charge in [0.15, 0.2) is 11.5 Å². The van der Waals surface area contributed by atoms with Crippen LogP contribution in [0.25, 0.3) is 81.0 Å². The fourth-order valence-corrected chi connectivity index (χ4v) is 10.0. The van der Waals surface area contributed by atoms with E-state index in [2.05, 4.69) is 185 Å². The van der Waals surface area contributed by atoms with E-state index in [0.717, 1.165) is 78.3 Å². The number of hydrogen-bond acceptors (Lipinski definition) is 3. The minimum atomic E-state index is -0.253. The van der Waals surface area contributed by atoms with Crippen molar-refractivity contribution in [1.82, 2.24) is 4.57 Å². The average Bonchev–Trinajstić information content (AvgIpc) is 3.85. The van der Waals surface area contributed by atoms with E-state index in [9.17, 15) is 4.39 Å². The normalized spacial score (nSPS) is 11.9. The van der Waals surface area contributed by atoms with Gasteiger partial charge in [-0.1, -0.05) is 115 Å². The summed E-state index contributed by atoms with van der Waals surface area (Å²) in [6.45, 7) is 0. The lowest BCUT2D eigenvalue weighted by Crippen LogP contribution is -2.10. The first-order valence-electron chi connectivity index (χ1n) is 19.8. The predicted molar refractivity (Wildman–Crippen MR) is 245 cm³/mol. The maximum atomic E-state index is 13.9. The summed E-state index contributed by atoms with van der Waals surface area (Å²) < 4.78 is 25.6. The molecular weight excluding hydrogens is 744 g/mol. The Morgan fingerprint density at radius 1 is 0.441 bits per heavy atom. The molecule has 9 aromatic carbocycles. The van der Waals surface area contributed by atoms with E-state index >= 15 is 0 Å². The minimum absolute atomic E-state index is 0.253. The predicted octanol–water partition coefficient (Wildman–Crippen LogP) is 15.9. The second-order valence-electron chi connectivity index (χ2n) is 15.1. The second-order valence-corrected chi connectivity index (χ2v) is 16.1. The van der Waals surface area contributed by atoms with Crippen LogP contribution in [0.15, 0.2) is 200 Å². The Bertz CT molecular complexity index is 3400. The lowest BCUT2D eigenvalue weighted by molar-refractivity contribution is 0.477. The minimum Gasteiger partial charge on any atom is -0.453 e. The zero-order chi connectivity index (χ0) is 39.0. The first kappa shape index (κ1) is 33.6. The van der Waals surface area contributed by atoms with E-state index in [1.165, 1.54) is 43.4 Å². The molecule has 0 unspecified atom stereocenters. The molecule has 278 valence electrons. The molecule has 0 saturated carbocycles. The van der Waals surface area contributed by atoms with Crippen LogP contribution < -0.4 is 9.64 Å². The number of anilines is 3. The van der Waals surface area contributed by atoms with Crippen LogP contribution in [0.5, 0.6) is 11.5 Å². The van der Waals surface area contributed by atoms with Crippen LogP contribution >= 0.6 is 11.3 Å². The molecule has 59 heavy (non-hydrogen) atoms. The molecule has 0 bridgehead atoms. The lowest BCUT2D eigenvalue weighted by Gasteiger charge is -2.27. The summed E-state index contributed by atoms with van der Waals surface area (Å²) in [5.74, 6) is 1.31. The fraction of sp³-hybridized carbons (Fsp3) is 0. The third kappa shape index (κ3) is 5.47. The van der Waals surface area contributed by atoms with E-state index in [0.29, 0.717) is 0 Å². The Labute approximate surface area is 344 Å². The van der Waals surface area contributed by atoms with Crippen molar-refractivity contribution in [1.29, 1.82) is 0 Å². The molecule has 0 fully saturated rings. The van der Waals surface area contributed by atoms with Gasteiger partial charge >= 0.3 is 0 Å². The van der Waals surface area contributed by atoms with Crippen LogP contribution in [-0.2, 0) is 0 Å². The molecular formula is C54H33FN2OS. The van der Waals surface area contributed by atoms with Crippen LogP contribution in [0.3, 0.4) is 0 Å². The van der Waals surface area contributed by atoms with Crippen molar-refractivity contribution in [2.75, 3.05) is 4.90 Å². The van der Waals surface area contributed by atoms with Crippen molar-refractivity contribution in [2.24, 2.45) is 0 Å². The van der Waals surface area contributed by atoms with Crippen LogP contribution in [0.2, 0.25) is 0 Å². The number of aromatic nitrogens is 1. The van der Waals surface area contributed by atoms with Crippen LogP contribution in [0.1, 0.15) is 0 Å². The number of thiophene rings is 1. The van der Waals surface area contributed by atoms with Gasteiger partial charge in [-0.05, 0) is 118 Å². The highest BCUT2D eigenvalue weighted by Gasteiger charge is 2.26. The number of para-hydroxylation sites is 1. The fourth-order valence-electron chi connectivity index (χ4n) is 8.88. The maximum Gasteiger partial charge on any atom is 0.152 e. The Kier molecular flexibility index (Phi) is 7.59. The molecule has 0 amide bonds. The molecule has 0 radical (unpaired) electrons. The smallest absolute Gasteiger partial charge is 0.152 e. The Hall–Kier alpha value is -7.47. The van der Waals surface area contributed by atoms with Gasteiger partial charge < -0.3 is 14.2 Å². The molecule has 0 saturated heterocycles. The molecule has 3 nitrogen and oxygen atoms in total. The summed E-state index contributed by atoms with van der Waals surface area (Å²) in [6, 6.07) is 69.5.